The summed E-state index contributed by atoms with van der Waals surface area (Å²) in [7, 11) is 0. The Kier molecular flexibility index (Phi) is 4.33. The van der Waals surface area contributed by atoms with E-state index in [1.54, 1.807) is 17.4 Å². The lowest BCUT2D eigenvalue weighted by Crippen LogP contribution is -2.12. The zero-order valence-corrected chi connectivity index (χ0v) is 14.9. The zero-order chi connectivity index (χ0) is 17.9. The van der Waals surface area contributed by atoms with Crippen LogP contribution in [0.1, 0.15) is 10.7 Å². The van der Waals surface area contributed by atoms with Gasteiger partial charge in [0, 0.05) is 17.1 Å². The van der Waals surface area contributed by atoms with E-state index in [1.807, 2.05) is 71.5 Å². The Morgan fingerprint density at radius 3 is 2.62 bits per heavy atom. The van der Waals surface area contributed by atoms with Crippen molar-refractivity contribution in [3.05, 3.63) is 76.8 Å². The van der Waals surface area contributed by atoms with Crippen LogP contribution in [0.2, 0.25) is 0 Å². The molecule has 128 valence electrons. The van der Waals surface area contributed by atoms with Gasteiger partial charge < -0.3 is 0 Å². The second-order valence-electron chi connectivity index (χ2n) is 5.71. The molecule has 0 radical (unpaired) electrons. The van der Waals surface area contributed by atoms with Crippen LogP contribution in [0.5, 0.6) is 0 Å². The van der Waals surface area contributed by atoms with Crippen molar-refractivity contribution in [1.82, 2.24) is 14.5 Å². The Labute approximate surface area is 154 Å². The van der Waals surface area contributed by atoms with Gasteiger partial charge in [-0.2, -0.15) is 0 Å². The first-order valence-corrected chi connectivity index (χ1v) is 9.03. The van der Waals surface area contributed by atoms with E-state index in [1.165, 1.54) is 6.08 Å². The van der Waals surface area contributed by atoms with Crippen molar-refractivity contribution in [2.24, 2.45) is 0 Å². The predicted octanol–water partition coefficient (Wildman–Crippen LogP) is 4.44. The topological polar surface area (TPSA) is 59.8 Å². The van der Waals surface area contributed by atoms with Crippen LogP contribution in [0.15, 0.2) is 66.1 Å². The van der Waals surface area contributed by atoms with Crippen LogP contribution in [-0.2, 0) is 4.79 Å². The van der Waals surface area contributed by atoms with Gasteiger partial charge in [0.1, 0.15) is 0 Å². The van der Waals surface area contributed by atoms with Crippen molar-refractivity contribution in [3.8, 4) is 5.69 Å². The van der Waals surface area contributed by atoms with Crippen LogP contribution >= 0.6 is 11.3 Å². The second kappa shape index (κ2) is 6.93. The number of amides is 1. The van der Waals surface area contributed by atoms with Crippen LogP contribution < -0.4 is 5.32 Å². The number of nitrogens with one attached hydrogen (secondary N) is 1. The van der Waals surface area contributed by atoms with Crippen molar-refractivity contribution < 1.29 is 4.79 Å². The Morgan fingerprint density at radius 2 is 1.85 bits per heavy atom. The van der Waals surface area contributed by atoms with Crippen LogP contribution in [0.4, 0.5) is 5.95 Å². The molecule has 1 amide bonds. The number of thiazole rings is 1. The number of anilines is 1. The summed E-state index contributed by atoms with van der Waals surface area (Å²) in [4.78, 5) is 21.3. The molecule has 0 bridgehead atoms. The number of carbonyl (C=O) groups is 1. The van der Waals surface area contributed by atoms with Gasteiger partial charge >= 0.3 is 0 Å². The first kappa shape index (κ1) is 16.2. The zero-order valence-electron chi connectivity index (χ0n) is 14.1. The number of hydrogen-bond acceptors (Lipinski definition) is 4. The number of hydrogen-bond donors (Lipinski definition) is 1. The summed E-state index contributed by atoms with van der Waals surface area (Å²) in [6.45, 7) is 1.93. The van der Waals surface area contributed by atoms with E-state index >= 15 is 0 Å². The minimum absolute atomic E-state index is 0.247. The number of para-hydroxylation sites is 3. The molecule has 0 saturated carbocycles. The molecule has 0 aliphatic rings. The first-order valence-electron chi connectivity index (χ1n) is 8.15. The fourth-order valence-corrected chi connectivity index (χ4v) is 3.30. The average Bonchev–Trinajstić information content (AvgIpc) is 3.23. The number of nitrogens with zero attached hydrogens (tertiary/aromatic N) is 3. The molecule has 5 nitrogen and oxygen atoms in total. The largest absolute Gasteiger partial charge is 0.292 e. The molecule has 2 aromatic heterocycles. The second-order valence-corrected chi connectivity index (χ2v) is 6.77. The van der Waals surface area contributed by atoms with Gasteiger partial charge in [0.05, 0.1) is 21.7 Å². The predicted molar refractivity (Wildman–Crippen MR) is 106 cm³/mol. The number of aromatic nitrogens is 3. The molecular weight excluding hydrogens is 344 g/mol. The summed E-state index contributed by atoms with van der Waals surface area (Å²) >= 11 is 1.55. The maximum absolute atomic E-state index is 12.4. The van der Waals surface area contributed by atoms with E-state index in [-0.39, 0.29) is 5.91 Å². The first-order chi connectivity index (χ1) is 12.7. The fourth-order valence-electron chi connectivity index (χ4n) is 2.72. The van der Waals surface area contributed by atoms with Crippen molar-refractivity contribution in [2.45, 2.75) is 6.92 Å². The third kappa shape index (κ3) is 3.27. The highest BCUT2D eigenvalue weighted by Gasteiger charge is 2.13. The lowest BCUT2D eigenvalue weighted by molar-refractivity contribution is -0.111. The summed E-state index contributed by atoms with van der Waals surface area (Å²) < 4.78 is 1.94. The molecule has 0 fully saturated rings. The highest BCUT2D eigenvalue weighted by molar-refractivity contribution is 7.09. The van der Waals surface area contributed by atoms with E-state index < -0.39 is 0 Å². The van der Waals surface area contributed by atoms with Crippen molar-refractivity contribution >= 4 is 40.3 Å². The Bertz CT molecular complexity index is 1100. The third-order valence-electron chi connectivity index (χ3n) is 3.85. The number of benzene rings is 2. The maximum atomic E-state index is 12.4. The molecule has 0 unspecified atom stereocenters. The molecule has 0 saturated heterocycles. The molecule has 0 aliphatic heterocycles. The normalized spacial score (nSPS) is 11.3. The number of carbonyl (C=O) groups excluding carboxylic acids is 1. The van der Waals surface area contributed by atoms with Crippen molar-refractivity contribution in [3.63, 3.8) is 0 Å². The molecule has 0 atom stereocenters. The number of rotatable bonds is 4. The highest BCUT2D eigenvalue weighted by atomic mass is 32.1. The number of fused-ring (bicyclic) bond motifs is 1. The summed E-state index contributed by atoms with van der Waals surface area (Å²) in [6.07, 6.45) is 3.18. The van der Waals surface area contributed by atoms with Gasteiger partial charge in [0.2, 0.25) is 5.95 Å². The molecule has 2 heterocycles. The van der Waals surface area contributed by atoms with Crippen LogP contribution in [0.3, 0.4) is 0 Å². The Hall–Kier alpha value is -3.25. The molecule has 0 aliphatic carbocycles. The van der Waals surface area contributed by atoms with E-state index in [9.17, 15) is 4.79 Å². The molecule has 4 rings (SSSR count). The summed E-state index contributed by atoms with van der Waals surface area (Å²) in [5.74, 6) is 0.240. The van der Waals surface area contributed by atoms with Gasteiger partial charge in [-0.1, -0.05) is 30.3 Å². The summed E-state index contributed by atoms with van der Waals surface area (Å²) in [5, 5.41) is 5.76. The Balaban J connectivity index is 1.68. The van der Waals surface area contributed by atoms with Crippen LogP contribution in [0, 0.1) is 6.92 Å². The molecule has 6 heteroatoms. The smallest absolute Gasteiger partial charge is 0.250 e. The number of aryl methyl sites for hydroxylation is 1. The summed E-state index contributed by atoms with van der Waals surface area (Å²) in [5.41, 5.74) is 3.48. The molecule has 0 spiro atoms. The van der Waals surface area contributed by atoms with Gasteiger partial charge in [-0.3, -0.25) is 14.7 Å². The van der Waals surface area contributed by atoms with Gasteiger partial charge in [-0.25, -0.2) is 9.97 Å². The lowest BCUT2D eigenvalue weighted by atomic mass is 10.3. The van der Waals surface area contributed by atoms with Gasteiger partial charge in [0.25, 0.3) is 5.91 Å². The summed E-state index contributed by atoms with van der Waals surface area (Å²) in [6, 6.07) is 17.6. The highest BCUT2D eigenvalue weighted by Crippen LogP contribution is 2.24. The van der Waals surface area contributed by atoms with Crippen LogP contribution in [0.25, 0.3) is 22.8 Å². The standard InChI is InChI=1S/C20H16N4OS/c1-14-21-15(13-26-14)11-12-19(25)23-20-22-17-9-5-6-10-18(17)24(20)16-7-3-2-4-8-16/h2-13H,1H3,(H,22,23,25)/b12-11-. The maximum Gasteiger partial charge on any atom is 0.250 e. The average molecular weight is 360 g/mol. The monoisotopic (exact) mass is 360 g/mol. The third-order valence-corrected chi connectivity index (χ3v) is 4.64. The quantitative estimate of drug-likeness (QED) is 0.547. The molecule has 1 N–H and O–H groups in total. The molecule has 2 aromatic carbocycles. The van der Waals surface area contributed by atoms with Gasteiger partial charge in [0.15, 0.2) is 0 Å². The minimum Gasteiger partial charge on any atom is -0.292 e. The van der Waals surface area contributed by atoms with Crippen molar-refractivity contribution in [1.29, 1.82) is 0 Å². The molecule has 4 aromatic rings. The Morgan fingerprint density at radius 1 is 1.08 bits per heavy atom. The van der Waals surface area contributed by atoms with E-state index in [0.717, 1.165) is 27.4 Å². The lowest BCUT2D eigenvalue weighted by Gasteiger charge is -2.09. The van der Waals surface area contributed by atoms with E-state index in [0.29, 0.717) is 5.95 Å². The van der Waals surface area contributed by atoms with E-state index in [4.69, 9.17) is 0 Å². The van der Waals surface area contributed by atoms with Gasteiger partial charge in [-0.15, -0.1) is 11.3 Å². The van der Waals surface area contributed by atoms with Gasteiger partial charge in [-0.05, 0) is 37.3 Å². The molecular formula is C20H16N4OS. The minimum atomic E-state index is -0.247. The molecule has 26 heavy (non-hydrogen) atoms. The SMILES string of the molecule is Cc1nc(/C=C\C(=O)Nc2nc3ccccc3n2-c2ccccc2)cs1. The fraction of sp³-hybridized carbons (Fsp3) is 0.0500. The van der Waals surface area contributed by atoms with Crippen molar-refractivity contribution in [2.75, 3.05) is 5.32 Å². The number of imidazole rings is 1. The van der Waals surface area contributed by atoms with Crippen LogP contribution in [-0.4, -0.2) is 20.4 Å². The van der Waals surface area contributed by atoms with E-state index in [2.05, 4.69) is 15.3 Å².